The lowest BCUT2D eigenvalue weighted by Crippen LogP contribution is -2.23. The molecule has 10 heteroatoms. The SMILES string of the molecule is Cc1ccc(S(=O)(=O)n2cnc3nc(/N=C/N(C)C)n(C)c(=O)c32)cc1. The first-order valence-corrected chi connectivity index (χ1v) is 9.13. The molecule has 0 N–H and O–H groups in total. The second-order valence-electron chi connectivity index (χ2n) is 6.01. The third kappa shape index (κ3) is 2.99. The van der Waals surface area contributed by atoms with Crippen LogP contribution in [0.25, 0.3) is 11.2 Å². The monoisotopic (exact) mass is 374 g/mol. The molecule has 0 bridgehead atoms. The Hall–Kier alpha value is -3.01. The molecule has 2 heterocycles. The van der Waals surface area contributed by atoms with E-state index in [0.29, 0.717) is 0 Å². The summed E-state index contributed by atoms with van der Waals surface area (Å²) in [6.45, 7) is 1.86. The van der Waals surface area contributed by atoms with Crippen LogP contribution in [0.4, 0.5) is 5.95 Å². The van der Waals surface area contributed by atoms with Gasteiger partial charge in [0.1, 0.15) is 6.33 Å². The van der Waals surface area contributed by atoms with Crippen molar-refractivity contribution < 1.29 is 8.42 Å². The van der Waals surface area contributed by atoms with Crippen molar-refractivity contribution in [1.29, 1.82) is 0 Å². The summed E-state index contributed by atoms with van der Waals surface area (Å²) in [5.74, 6) is 0.134. The number of rotatable bonds is 4. The number of aryl methyl sites for hydroxylation is 1. The van der Waals surface area contributed by atoms with Crippen molar-refractivity contribution in [3.63, 3.8) is 0 Å². The van der Waals surface area contributed by atoms with Gasteiger partial charge >= 0.3 is 0 Å². The summed E-state index contributed by atoms with van der Waals surface area (Å²) in [6.07, 6.45) is 2.58. The first kappa shape index (κ1) is 17.8. The molecule has 0 atom stereocenters. The van der Waals surface area contributed by atoms with E-state index in [1.807, 2.05) is 6.92 Å². The number of imidazole rings is 1. The third-order valence-corrected chi connectivity index (χ3v) is 5.37. The van der Waals surface area contributed by atoms with Crippen LogP contribution >= 0.6 is 0 Å². The first-order valence-electron chi connectivity index (χ1n) is 7.69. The standard InChI is InChI=1S/C16H18N6O3S/c1-11-5-7-12(8-6-11)26(24,25)22-10-17-14-13(22)15(23)21(4)16(19-14)18-9-20(2)3/h5-10H,1-4H3/b18-9+. The molecule has 26 heavy (non-hydrogen) atoms. The van der Waals surface area contributed by atoms with Gasteiger partial charge in [-0.1, -0.05) is 17.7 Å². The van der Waals surface area contributed by atoms with Crippen LogP contribution in [-0.2, 0) is 17.1 Å². The largest absolute Gasteiger partial charge is 0.369 e. The Morgan fingerprint density at radius 1 is 1.19 bits per heavy atom. The molecule has 0 unspecified atom stereocenters. The second-order valence-corrected chi connectivity index (χ2v) is 7.83. The highest BCUT2D eigenvalue weighted by molar-refractivity contribution is 7.90. The molecule has 0 spiro atoms. The molecule has 0 fully saturated rings. The lowest BCUT2D eigenvalue weighted by atomic mass is 10.2. The van der Waals surface area contributed by atoms with E-state index < -0.39 is 15.6 Å². The molecule has 3 aromatic rings. The fraction of sp³-hybridized carbons (Fsp3) is 0.250. The van der Waals surface area contributed by atoms with Crippen LogP contribution in [0, 0.1) is 6.92 Å². The van der Waals surface area contributed by atoms with Gasteiger partial charge in [-0.2, -0.15) is 4.98 Å². The van der Waals surface area contributed by atoms with Crippen molar-refractivity contribution in [2.75, 3.05) is 14.1 Å². The Kier molecular flexibility index (Phi) is 4.36. The maximum absolute atomic E-state index is 12.9. The molecular formula is C16H18N6O3S. The zero-order valence-electron chi connectivity index (χ0n) is 14.8. The fourth-order valence-corrected chi connectivity index (χ4v) is 3.58. The highest BCUT2D eigenvalue weighted by atomic mass is 32.2. The van der Waals surface area contributed by atoms with Crippen LogP contribution in [0.15, 0.2) is 45.3 Å². The zero-order valence-corrected chi connectivity index (χ0v) is 15.6. The number of hydrogen-bond acceptors (Lipinski definition) is 6. The molecule has 0 radical (unpaired) electrons. The molecule has 0 aliphatic rings. The van der Waals surface area contributed by atoms with E-state index in [1.165, 1.54) is 30.1 Å². The third-order valence-electron chi connectivity index (χ3n) is 3.71. The smallest absolute Gasteiger partial charge is 0.282 e. The Labute approximate surface area is 150 Å². The van der Waals surface area contributed by atoms with Crippen molar-refractivity contribution in [3.8, 4) is 0 Å². The molecule has 0 aliphatic carbocycles. The van der Waals surface area contributed by atoms with E-state index in [0.717, 1.165) is 15.9 Å². The average Bonchev–Trinajstić information content (AvgIpc) is 3.02. The number of benzene rings is 1. The van der Waals surface area contributed by atoms with E-state index in [-0.39, 0.29) is 22.0 Å². The van der Waals surface area contributed by atoms with Gasteiger partial charge in [-0.05, 0) is 19.1 Å². The molecule has 0 saturated heterocycles. The second kappa shape index (κ2) is 6.37. The van der Waals surface area contributed by atoms with Crippen LogP contribution in [0.1, 0.15) is 5.56 Å². The molecule has 1 aromatic carbocycles. The molecule has 0 amide bonds. The van der Waals surface area contributed by atoms with E-state index in [2.05, 4.69) is 15.0 Å². The van der Waals surface area contributed by atoms with Gasteiger partial charge in [-0.25, -0.2) is 22.4 Å². The fourth-order valence-electron chi connectivity index (χ4n) is 2.30. The molecule has 3 rings (SSSR count). The van der Waals surface area contributed by atoms with E-state index in [9.17, 15) is 13.2 Å². The van der Waals surface area contributed by atoms with Gasteiger partial charge in [-0.15, -0.1) is 0 Å². The molecular weight excluding hydrogens is 356 g/mol. The van der Waals surface area contributed by atoms with Gasteiger partial charge in [0.05, 0.1) is 11.2 Å². The minimum atomic E-state index is -3.96. The van der Waals surface area contributed by atoms with Gasteiger partial charge in [-0.3, -0.25) is 9.36 Å². The van der Waals surface area contributed by atoms with Crippen LogP contribution in [0.5, 0.6) is 0 Å². The summed E-state index contributed by atoms with van der Waals surface area (Å²) < 4.78 is 27.8. The summed E-state index contributed by atoms with van der Waals surface area (Å²) in [7, 11) is 1.08. The van der Waals surface area contributed by atoms with Gasteiger partial charge < -0.3 is 4.90 Å². The van der Waals surface area contributed by atoms with E-state index in [4.69, 9.17) is 0 Å². The maximum Gasteiger partial charge on any atom is 0.282 e. The molecule has 0 saturated carbocycles. The summed E-state index contributed by atoms with van der Waals surface area (Å²) in [5, 5.41) is 0. The Balaban J connectivity index is 2.22. The number of nitrogens with zero attached hydrogens (tertiary/aromatic N) is 6. The number of aliphatic imine (C=N–C) groups is 1. The minimum absolute atomic E-state index is 0.0229. The Bertz CT molecular complexity index is 1160. The lowest BCUT2D eigenvalue weighted by Gasteiger charge is -2.08. The Morgan fingerprint density at radius 2 is 1.85 bits per heavy atom. The lowest BCUT2D eigenvalue weighted by molar-refractivity contribution is 0.588. The van der Waals surface area contributed by atoms with Gasteiger partial charge in [0.25, 0.3) is 15.6 Å². The number of aromatic nitrogens is 4. The number of hydrogen-bond donors (Lipinski definition) is 0. The highest BCUT2D eigenvalue weighted by Gasteiger charge is 2.23. The number of fused-ring (bicyclic) bond motifs is 1. The summed E-state index contributed by atoms with van der Waals surface area (Å²) >= 11 is 0. The van der Waals surface area contributed by atoms with Crippen molar-refractivity contribution in [2.24, 2.45) is 12.0 Å². The highest BCUT2D eigenvalue weighted by Crippen LogP contribution is 2.19. The van der Waals surface area contributed by atoms with E-state index >= 15 is 0 Å². The quantitative estimate of drug-likeness (QED) is 0.496. The molecule has 0 aliphatic heterocycles. The van der Waals surface area contributed by atoms with Crippen molar-refractivity contribution in [1.82, 2.24) is 23.4 Å². The average molecular weight is 374 g/mol. The predicted molar refractivity (Wildman–Crippen MR) is 98.4 cm³/mol. The molecule has 136 valence electrons. The van der Waals surface area contributed by atoms with Crippen LogP contribution in [-0.4, -0.2) is 52.3 Å². The molecule has 2 aromatic heterocycles. The van der Waals surface area contributed by atoms with Crippen LogP contribution < -0.4 is 5.56 Å². The van der Waals surface area contributed by atoms with Gasteiger partial charge in [0.15, 0.2) is 11.2 Å². The summed E-state index contributed by atoms with van der Waals surface area (Å²) in [5.41, 5.74) is 0.293. The van der Waals surface area contributed by atoms with Crippen molar-refractivity contribution in [3.05, 3.63) is 46.5 Å². The minimum Gasteiger partial charge on any atom is -0.369 e. The molecule has 9 nitrogen and oxygen atoms in total. The topological polar surface area (TPSA) is 102 Å². The van der Waals surface area contributed by atoms with Gasteiger partial charge in [0.2, 0.25) is 5.95 Å². The first-order chi connectivity index (χ1) is 12.2. The van der Waals surface area contributed by atoms with Crippen molar-refractivity contribution >= 4 is 33.5 Å². The van der Waals surface area contributed by atoms with Crippen molar-refractivity contribution in [2.45, 2.75) is 11.8 Å². The van der Waals surface area contributed by atoms with E-state index in [1.54, 1.807) is 31.1 Å². The zero-order chi connectivity index (χ0) is 19.1. The normalized spacial score (nSPS) is 12.2. The van der Waals surface area contributed by atoms with Crippen LogP contribution in [0.3, 0.4) is 0 Å². The maximum atomic E-state index is 12.9. The summed E-state index contributed by atoms with van der Waals surface area (Å²) in [6, 6.07) is 6.36. The summed E-state index contributed by atoms with van der Waals surface area (Å²) in [4.78, 5) is 26.8. The Morgan fingerprint density at radius 3 is 2.46 bits per heavy atom. The van der Waals surface area contributed by atoms with Gasteiger partial charge in [0, 0.05) is 21.1 Å². The van der Waals surface area contributed by atoms with Crippen LogP contribution in [0.2, 0.25) is 0 Å². The predicted octanol–water partition coefficient (Wildman–Crippen LogP) is 0.897.